The highest BCUT2D eigenvalue weighted by molar-refractivity contribution is 6.02. The van der Waals surface area contributed by atoms with Crippen molar-refractivity contribution in [3.8, 4) is 0 Å². The average molecular weight is 369 g/mol. The molecule has 6 nitrogen and oxygen atoms in total. The largest absolute Gasteiger partial charge is 0.343 e. The lowest BCUT2D eigenvalue weighted by Crippen LogP contribution is -2.44. The highest BCUT2D eigenvalue weighted by Crippen LogP contribution is 2.28. The Labute approximate surface area is 160 Å². The molecular weight excluding hydrogens is 342 g/mol. The smallest absolute Gasteiger partial charge is 0.327 e. The molecule has 1 unspecified atom stereocenters. The number of hydrogen-bond donors (Lipinski definition) is 0. The molecule has 2 saturated heterocycles. The summed E-state index contributed by atoms with van der Waals surface area (Å²) < 4.78 is 0. The van der Waals surface area contributed by atoms with Crippen molar-refractivity contribution in [1.82, 2.24) is 14.7 Å². The van der Waals surface area contributed by atoms with E-state index in [2.05, 4.69) is 18.2 Å². The number of carbonyl (C=O) groups excluding carboxylic acids is 3. The zero-order valence-corrected chi connectivity index (χ0v) is 15.9. The van der Waals surface area contributed by atoms with Gasteiger partial charge in [0.2, 0.25) is 11.8 Å². The van der Waals surface area contributed by atoms with Crippen molar-refractivity contribution in [2.24, 2.45) is 5.92 Å². The van der Waals surface area contributed by atoms with Crippen molar-refractivity contribution >= 4 is 17.8 Å². The second kappa shape index (κ2) is 7.33. The second-order valence-corrected chi connectivity index (χ2v) is 8.02. The van der Waals surface area contributed by atoms with Crippen LogP contribution in [0.3, 0.4) is 0 Å². The molecular formula is C21H27N3O3. The van der Waals surface area contributed by atoms with Crippen molar-refractivity contribution in [2.45, 2.75) is 45.6 Å². The van der Waals surface area contributed by atoms with E-state index in [0.29, 0.717) is 19.6 Å². The lowest BCUT2D eigenvalue weighted by atomic mass is 9.97. The lowest BCUT2D eigenvalue weighted by Gasteiger charge is -2.33. The maximum atomic E-state index is 12.9. The molecule has 1 atom stereocenters. The molecule has 2 fully saturated rings. The van der Waals surface area contributed by atoms with Gasteiger partial charge in [-0.15, -0.1) is 0 Å². The van der Waals surface area contributed by atoms with Crippen LogP contribution in [0.2, 0.25) is 0 Å². The zero-order chi connectivity index (χ0) is 19.0. The van der Waals surface area contributed by atoms with E-state index in [1.54, 1.807) is 11.8 Å². The van der Waals surface area contributed by atoms with Gasteiger partial charge in [0, 0.05) is 33.1 Å². The van der Waals surface area contributed by atoms with Crippen molar-refractivity contribution in [3.05, 3.63) is 34.9 Å². The summed E-state index contributed by atoms with van der Waals surface area (Å²) in [6.45, 7) is 4.08. The molecule has 6 heteroatoms. The fourth-order valence-corrected chi connectivity index (χ4v) is 4.71. The Morgan fingerprint density at radius 2 is 2.04 bits per heavy atom. The number of hydrogen-bond acceptors (Lipinski definition) is 3. The monoisotopic (exact) mass is 369 g/mol. The van der Waals surface area contributed by atoms with E-state index in [1.807, 2.05) is 4.90 Å². The van der Waals surface area contributed by atoms with Crippen LogP contribution in [0.4, 0.5) is 4.79 Å². The predicted octanol–water partition coefficient (Wildman–Crippen LogP) is 2.20. The molecule has 3 aliphatic rings. The van der Waals surface area contributed by atoms with Gasteiger partial charge in [-0.2, -0.15) is 0 Å². The number of imide groups is 1. The van der Waals surface area contributed by atoms with E-state index in [0.717, 1.165) is 32.2 Å². The number of nitrogens with zero attached hydrogens (tertiary/aromatic N) is 3. The van der Waals surface area contributed by atoms with Crippen molar-refractivity contribution < 1.29 is 14.4 Å². The number of carbonyl (C=O) groups is 3. The van der Waals surface area contributed by atoms with Crippen LogP contribution < -0.4 is 0 Å². The minimum atomic E-state index is -0.185. The molecule has 1 aromatic carbocycles. The van der Waals surface area contributed by atoms with Crippen LogP contribution in [0.25, 0.3) is 0 Å². The first kappa shape index (κ1) is 18.0. The number of amides is 4. The summed E-state index contributed by atoms with van der Waals surface area (Å²) in [6, 6.07) is 6.11. The first-order valence-electron chi connectivity index (χ1n) is 9.97. The molecule has 0 N–H and O–H groups in total. The van der Waals surface area contributed by atoms with Gasteiger partial charge in [-0.3, -0.25) is 14.5 Å². The summed E-state index contributed by atoms with van der Waals surface area (Å²) in [5.74, 6) is 0.127. The summed E-state index contributed by atoms with van der Waals surface area (Å²) in [7, 11) is 0. The molecule has 1 aliphatic carbocycles. The van der Waals surface area contributed by atoms with Gasteiger partial charge in [-0.1, -0.05) is 18.2 Å². The minimum Gasteiger partial charge on any atom is -0.343 e. The molecule has 0 radical (unpaired) electrons. The number of urea groups is 1. The normalized spacial score (nSPS) is 22.6. The zero-order valence-electron chi connectivity index (χ0n) is 15.9. The fraction of sp³-hybridized carbons (Fsp3) is 0.571. The molecule has 2 aliphatic heterocycles. The van der Waals surface area contributed by atoms with Gasteiger partial charge in [0.15, 0.2) is 0 Å². The molecule has 0 aromatic heterocycles. The van der Waals surface area contributed by atoms with Crippen LogP contribution in [-0.4, -0.2) is 58.7 Å². The number of aryl methyl sites for hydroxylation is 1. The van der Waals surface area contributed by atoms with Gasteiger partial charge < -0.3 is 9.80 Å². The maximum absolute atomic E-state index is 12.9. The first-order chi connectivity index (χ1) is 13.0. The van der Waals surface area contributed by atoms with E-state index < -0.39 is 0 Å². The molecule has 0 spiro atoms. The Kier molecular flexibility index (Phi) is 4.89. The van der Waals surface area contributed by atoms with Crippen LogP contribution in [0.1, 0.15) is 42.9 Å². The van der Waals surface area contributed by atoms with E-state index in [1.165, 1.54) is 28.0 Å². The predicted molar refractivity (Wildman–Crippen MR) is 101 cm³/mol. The highest BCUT2D eigenvalue weighted by atomic mass is 16.2. The van der Waals surface area contributed by atoms with Crippen LogP contribution in [-0.2, 0) is 29.0 Å². The molecule has 1 aromatic rings. The van der Waals surface area contributed by atoms with E-state index in [4.69, 9.17) is 0 Å². The van der Waals surface area contributed by atoms with E-state index >= 15 is 0 Å². The number of piperidine rings is 1. The molecule has 4 amide bonds. The molecule has 0 bridgehead atoms. The van der Waals surface area contributed by atoms with Gasteiger partial charge >= 0.3 is 6.03 Å². The van der Waals surface area contributed by atoms with Crippen LogP contribution in [0, 0.1) is 5.92 Å². The van der Waals surface area contributed by atoms with E-state index in [-0.39, 0.29) is 30.3 Å². The van der Waals surface area contributed by atoms with Crippen LogP contribution >= 0.6 is 0 Å². The summed E-state index contributed by atoms with van der Waals surface area (Å²) >= 11 is 0. The third-order valence-electron chi connectivity index (χ3n) is 6.14. The summed E-state index contributed by atoms with van der Waals surface area (Å²) in [6.07, 6.45) is 5.22. The topological polar surface area (TPSA) is 60.9 Å². The molecule has 0 saturated carbocycles. The first-order valence-corrected chi connectivity index (χ1v) is 9.97. The minimum absolute atomic E-state index is 0.0679. The van der Waals surface area contributed by atoms with Gasteiger partial charge in [-0.05, 0) is 54.7 Å². The molecule has 2 heterocycles. The fourth-order valence-electron chi connectivity index (χ4n) is 4.71. The van der Waals surface area contributed by atoms with Gasteiger partial charge in [0.05, 0.1) is 0 Å². The number of fused-ring (bicyclic) bond motifs is 1. The molecule has 144 valence electrons. The number of rotatable bonds is 4. The van der Waals surface area contributed by atoms with Crippen molar-refractivity contribution in [1.29, 1.82) is 0 Å². The Bertz CT molecular complexity index is 776. The lowest BCUT2D eigenvalue weighted by molar-refractivity contribution is -0.130. The average Bonchev–Trinajstić information content (AvgIpc) is 3.23. The third kappa shape index (κ3) is 3.57. The molecule has 4 rings (SSSR count). The Balaban J connectivity index is 1.42. The number of benzene rings is 1. The highest BCUT2D eigenvalue weighted by Gasteiger charge is 2.38. The number of likely N-dealkylation sites (tertiary alicyclic amines) is 1. The Hall–Kier alpha value is -2.37. The van der Waals surface area contributed by atoms with Gasteiger partial charge in [0.25, 0.3) is 0 Å². The van der Waals surface area contributed by atoms with E-state index in [9.17, 15) is 14.4 Å². The Morgan fingerprint density at radius 3 is 2.85 bits per heavy atom. The maximum Gasteiger partial charge on any atom is 0.327 e. The van der Waals surface area contributed by atoms with Gasteiger partial charge in [-0.25, -0.2) is 4.79 Å². The van der Waals surface area contributed by atoms with Crippen molar-refractivity contribution in [2.75, 3.05) is 26.2 Å². The summed E-state index contributed by atoms with van der Waals surface area (Å²) in [4.78, 5) is 41.9. The Morgan fingerprint density at radius 1 is 1.19 bits per heavy atom. The van der Waals surface area contributed by atoms with Crippen LogP contribution in [0.5, 0.6) is 0 Å². The van der Waals surface area contributed by atoms with Gasteiger partial charge in [0.1, 0.15) is 6.54 Å². The summed E-state index contributed by atoms with van der Waals surface area (Å²) in [5, 5.41) is 0. The van der Waals surface area contributed by atoms with Crippen molar-refractivity contribution in [3.63, 3.8) is 0 Å². The van der Waals surface area contributed by atoms with Crippen LogP contribution in [0.15, 0.2) is 18.2 Å². The quantitative estimate of drug-likeness (QED) is 0.765. The standard InChI is InChI=1S/C21H27N3O3/c1-15(25)22-10-4-5-16(11-22)12-24-20(26)14-23(21(24)27)13-18-8-2-6-17-7-3-9-19(17)18/h2,6,8,16H,3-5,7,9-14H2,1H3. The third-order valence-corrected chi connectivity index (χ3v) is 6.14. The summed E-state index contributed by atoms with van der Waals surface area (Å²) in [5.41, 5.74) is 3.92. The molecule has 27 heavy (non-hydrogen) atoms. The SMILES string of the molecule is CC(=O)N1CCCC(CN2C(=O)CN(Cc3cccc4c3CCC4)C2=O)C1. The second-order valence-electron chi connectivity index (χ2n) is 8.02.